The van der Waals surface area contributed by atoms with Crippen molar-refractivity contribution in [3.63, 3.8) is 0 Å². The largest absolute Gasteiger partial charge is 0.475 e. The number of pyridine rings is 1. The molecule has 0 radical (unpaired) electrons. The molecule has 2 aromatic rings. The zero-order valence-electron chi connectivity index (χ0n) is 11.4. The van der Waals surface area contributed by atoms with Crippen LogP contribution in [0.5, 0.6) is 5.88 Å². The highest BCUT2D eigenvalue weighted by Crippen LogP contribution is 2.14. The number of rotatable bonds is 5. The van der Waals surface area contributed by atoms with Gasteiger partial charge in [0, 0.05) is 30.7 Å². The van der Waals surface area contributed by atoms with Crippen LogP contribution in [0.3, 0.4) is 0 Å². The molecule has 5 heteroatoms. The Bertz CT molecular complexity index is 528. The molecule has 5 nitrogen and oxygen atoms in total. The van der Waals surface area contributed by atoms with Crippen LogP contribution in [-0.2, 0) is 6.54 Å². The van der Waals surface area contributed by atoms with Crippen LogP contribution in [0.1, 0.15) is 25.1 Å². The molecule has 0 fully saturated rings. The van der Waals surface area contributed by atoms with Crippen LogP contribution in [0.25, 0.3) is 0 Å². The number of aromatic nitrogens is 3. The molecule has 0 saturated carbocycles. The van der Waals surface area contributed by atoms with E-state index in [1.54, 1.807) is 12.4 Å². The Morgan fingerprint density at radius 3 is 2.63 bits per heavy atom. The van der Waals surface area contributed by atoms with Gasteiger partial charge in [-0.1, -0.05) is 0 Å². The Labute approximate surface area is 113 Å². The van der Waals surface area contributed by atoms with Crippen molar-refractivity contribution in [3.05, 3.63) is 41.9 Å². The van der Waals surface area contributed by atoms with Crippen LogP contribution in [0.4, 0.5) is 5.95 Å². The van der Waals surface area contributed by atoms with E-state index < -0.39 is 0 Å². The van der Waals surface area contributed by atoms with Crippen molar-refractivity contribution in [3.8, 4) is 5.88 Å². The lowest BCUT2D eigenvalue weighted by Gasteiger charge is -2.11. The topological polar surface area (TPSA) is 59.9 Å². The maximum absolute atomic E-state index is 5.59. The van der Waals surface area contributed by atoms with E-state index in [0.29, 0.717) is 18.4 Å². The first-order valence-corrected chi connectivity index (χ1v) is 6.28. The lowest BCUT2D eigenvalue weighted by atomic mass is 10.3. The van der Waals surface area contributed by atoms with Crippen molar-refractivity contribution >= 4 is 5.95 Å². The second-order valence-corrected chi connectivity index (χ2v) is 4.55. The van der Waals surface area contributed by atoms with Gasteiger partial charge in [0.1, 0.15) is 0 Å². The first kappa shape index (κ1) is 13.3. The number of aryl methyl sites for hydroxylation is 1. The van der Waals surface area contributed by atoms with Crippen LogP contribution >= 0.6 is 0 Å². The maximum atomic E-state index is 5.59. The number of nitrogens with zero attached hydrogens (tertiary/aromatic N) is 3. The molecule has 0 saturated heterocycles. The molecule has 0 atom stereocenters. The molecule has 2 aromatic heterocycles. The molecule has 2 heterocycles. The van der Waals surface area contributed by atoms with E-state index in [0.717, 1.165) is 11.3 Å². The molecule has 100 valence electrons. The van der Waals surface area contributed by atoms with Gasteiger partial charge in [-0.05, 0) is 38.5 Å². The van der Waals surface area contributed by atoms with Crippen molar-refractivity contribution in [1.29, 1.82) is 0 Å². The van der Waals surface area contributed by atoms with Crippen molar-refractivity contribution in [1.82, 2.24) is 15.0 Å². The molecule has 1 N–H and O–H groups in total. The minimum Gasteiger partial charge on any atom is -0.475 e. The van der Waals surface area contributed by atoms with Gasteiger partial charge in [0.2, 0.25) is 11.8 Å². The van der Waals surface area contributed by atoms with Crippen molar-refractivity contribution < 1.29 is 4.74 Å². The summed E-state index contributed by atoms with van der Waals surface area (Å²) in [5, 5.41) is 3.19. The highest BCUT2D eigenvalue weighted by molar-refractivity contribution is 5.32. The molecule has 0 bridgehead atoms. The normalized spacial score (nSPS) is 10.5. The molecular weight excluding hydrogens is 240 g/mol. The first-order chi connectivity index (χ1) is 9.13. The Morgan fingerprint density at radius 1 is 1.21 bits per heavy atom. The van der Waals surface area contributed by atoms with E-state index in [9.17, 15) is 0 Å². The van der Waals surface area contributed by atoms with E-state index in [1.165, 1.54) is 0 Å². The Hall–Kier alpha value is -2.17. The van der Waals surface area contributed by atoms with Crippen LogP contribution in [-0.4, -0.2) is 21.1 Å². The highest BCUT2D eigenvalue weighted by Gasteiger charge is 2.04. The SMILES string of the molecule is Cc1cc(OC(C)C)nc(NCc2ccncc2)n1. The fourth-order valence-electron chi connectivity index (χ4n) is 1.60. The van der Waals surface area contributed by atoms with Gasteiger partial charge in [-0.25, -0.2) is 4.98 Å². The van der Waals surface area contributed by atoms with Gasteiger partial charge in [0.05, 0.1) is 6.10 Å². The van der Waals surface area contributed by atoms with Crippen LogP contribution in [0.2, 0.25) is 0 Å². The average molecular weight is 258 g/mol. The quantitative estimate of drug-likeness (QED) is 0.893. The highest BCUT2D eigenvalue weighted by atomic mass is 16.5. The molecule has 0 unspecified atom stereocenters. The van der Waals surface area contributed by atoms with E-state index in [1.807, 2.05) is 39.0 Å². The molecule has 0 amide bonds. The van der Waals surface area contributed by atoms with Crippen molar-refractivity contribution in [2.75, 3.05) is 5.32 Å². The van der Waals surface area contributed by atoms with Crippen molar-refractivity contribution in [2.24, 2.45) is 0 Å². The monoisotopic (exact) mass is 258 g/mol. The third kappa shape index (κ3) is 4.21. The Kier molecular flexibility index (Phi) is 4.28. The second kappa shape index (κ2) is 6.13. The molecule has 19 heavy (non-hydrogen) atoms. The van der Waals surface area contributed by atoms with Gasteiger partial charge >= 0.3 is 0 Å². The van der Waals surface area contributed by atoms with E-state index in [2.05, 4.69) is 20.3 Å². The van der Waals surface area contributed by atoms with Crippen LogP contribution in [0.15, 0.2) is 30.6 Å². The summed E-state index contributed by atoms with van der Waals surface area (Å²) in [7, 11) is 0. The van der Waals surface area contributed by atoms with Gasteiger partial charge in [0.25, 0.3) is 0 Å². The smallest absolute Gasteiger partial charge is 0.226 e. The van der Waals surface area contributed by atoms with E-state index in [4.69, 9.17) is 4.74 Å². The predicted octanol–water partition coefficient (Wildman–Crippen LogP) is 2.58. The lowest BCUT2D eigenvalue weighted by molar-refractivity contribution is 0.232. The maximum Gasteiger partial charge on any atom is 0.226 e. The van der Waals surface area contributed by atoms with Crippen LogP contribution < -0.4 is 10.1 Å². The number of hydrogen-bond donors (Lipinski definition) is 1. The fraction of sp³-hybridized carbons (Fsp3) is 0.357. The fourth-order valence-corrected chi connectivity index (χ4v) is 1.60. The summed E-state index contributed by atoms with van der Waals surface area (Å²) in [4.78, 5) is 12.6. The molecular formula is C14H18N4O. The van der Waals surface area contributed by atoms with Gasteiger partial charge in [-0.2, -0.15) is 4.98 Å². The summed E-state index contributed by atoms with van der Waals surface area (Å²) in [6.45, 7) is 6.53. The second-order valence-electron chi connectivity index (χ2n) is 4.55. The lowest BCUT2D eigenvalue weighted by Crippen LogP contribution is -2.10. The summed E-state index contributed by atoms with van der Waals surface area (Å²) in [6, 6.07) is 5.74. The zero-order chi connectivity index (χ0) is 13.7. The average Bonchev–Trinajstić information content (AvgIpc) is 2.36. The Balaban J connectivity index is 2.05. The molecule has 2 rings (SSSR count). The zero-order valence-corrected chi connectivity index (χ0v) is 11.4. The van der Waals surface area contributed by atoms with E-state index >= 15 is 0 Å². The molecule has 0 aliphatic heterocycles. The molecule has 0 aliphatic carbocycles. The summed E-state index contributed by atoms with van der Waals surface area (Å²) < 4.78 is 5.59. The minimum absolute atomic E-state index is 0.0994. The standard InChI is InChI=1S/C14H18N4O/c1-10(2)19-13-8-11(3)17-14(18-13)16-9-12-4-6-15-7-5-12/h4-8,10H,9H2,1-3H3,(H,16,17,18). The summed E-state index contributed by atoms with van der Waals surface area (Å²) in [6.07, 6.45) is 3.63. The molecule has 0 aliphatic rings. The third-order valence-corrected chi connectivity index (χ3v) is 2.39. The van der Waals surface area contributed by atoms with E-state index in [-0.39, 0.29) is 6.10 Å². The number of hydrogen-bond acceptors (Lipinski definition) is 5. The van der Waals surface area contributed by atoms with Gasteiger partial charge in [-0.15, -0.1) is 0 Å². The van der Waals surface area contributed by atoms with Gasteiger partial charge in [0.15, 0.2) is 0 Å². The van der Waals surface area contributed by atoms with Gasteiger partial charge in [-0.3, -0.25) is 4.98 Å². The van der Waals surface area contributed by atoms with Crippen LogP contribution in [0, 0.1) is 6.92 Å². The first-order valence-electron chi connectivity index (χ1n) is 6.28. The van der Waals surface area contributed by atoms with Gasteiger partial charge < -0.3 is 10.1 Å². The number of ether oxygens (including phenoxy) is 1. The Morgan fingerprint density at radius 2 is 1.95 bits per heavy atom. The summed E-state index contributed by atoms with van der Waals surface area (Å²) in [5.41, 5.74) is 2.01. The minimum atomic E-state index is 0.0994. The van der Waals surface area contributed by atoms with Crippen molar-refractivity contribution in [2.45, 2.75) is 33.4 Å². The third-order valence-electron chi connectivity index (χ3n) is 2.39. The molecule has 0 aromatic carbocycles. The number of anilines is 1. The summed E-state index contributed by atoms with van der Waals surface area (Å²) in [5.74, 6) is 1.17. The predicted molar refractivity (Wildman–Crippen MR) is 74.1 cm³/mol. The summed E-state index contributed by atoms with van der Waals surface area (Å²) >= 11 is 0. The molecule has 0 spiro atoms. The number of nitrogens with one attached hydrogen (secondary N) is 1.